The first-order chi connectivity index (χ1) is 12.5. The highest BCUT2D eigenvalue weighted by molar-refractivity contribution is 5.81. The third-order valence-electron chi connectivity index (χ3n) is 4.98. The van der Waals surface area contributed by atoms with Crippen molar-refractivity contribution < 1.29 is 9.59 Å². The zero-order valence-corrected chi connectivity index (χ0v) is 16.4. The summed E-state index contributed by atoms with van der Waals surface area (Å²) in [5.74, 6) is 0.773. The maximum Gasteiger partial charge on any atom is 0.237 e. The summed E-state index contributed by atoms with van der Waals surface area (Å²) in [5, 5.41) is 3.00. The molecule has 1 aromatic rings. The average Bonchev–Trinajstić information content (AvgIpc) is 2.66. The Labute approximate surface area is 157 Å². The lowest BCUT2D eigenvalue weighted by Gasteiger charge is -2.37. The van der Waals surface area contributed by atoms with E-state index in [1.807, 2.05) is 30.0 Å². The van der Waals surface area contributed by atoms with Gasteiger partial charge in [0.25, 0.3) is 0 Å². The van der Waals surface area contributed by atoms with Gasteiger partial charge in [-0.2, -0.15) is 0 Å². The monoisotopic (exact) mass is 359 g/mol. The summed E-state index contributed by atoms with van der Waals surface area (Å²) in [6.45, 7) is 9.80. The van der Waals surface area contributed by atoms with E-state index in [0.717, 1.165) is 25.9 Å². The number of aryl methyl sites for hydroxylation is 1. The van der Waals surface area contributed by atoms with Gasteiger partial charge in [-0.1, -0.05) is 44.2 Å². The van der Waals surface area contributed by atoms with Crippen molar-refractivity contribution in [2.45, 2.75) is 46.1 Å². The molecule has 1 aliphatic heterocycles. The molecule has 0 radical (unpaired) electrons. The van der Waals surface area contributed by atoms with E-state index in [0.29, 0.717) is 32.0 Å². The highest BCUT2D eigenvalue weighted by atomic mass is 16.2. The molecule has 1 atom stereocenters. The van der Waals surface area contributed by atoms with Gasteiger partial charge in [-0.3, -0.25) is 14.5 Å². The van der Waals surface area contributed by atoms with E-state index in [-0.39, 0.29) is 17.9 Å². The molecule has 0 aliphatic carbocycles. The van der Waals surface area contributed by atoms with Crippen LogP contribution in [0.5, 0.6) is 0 Å². The minimum absolute atomic E-state index is 0.0846. The maximum absolute atomic E-state index is 12.4. The summed E-state index contributed by atoms with van der Waals surface area (Å²) >= 11 is 0. The van der Waals surface area contributed by atoms with Crippen molar-refractivity contribution >= 4 is 11.8 Å². The first kappa shape index (κ1) is 20.4. The summed E-state index contributed by atoms with van der Waals surface area (Å²) in [5.41, 5.74) is 1.28. The number of rotatable bonds is 8. The molecule has 1 unspecified atom stereocenters. The number of piperazine rings is 1. The molecule has 1 saturated heterocycles. The van der Waals surface area contributed by atoms with Crippen molar-refractivity contribution in [2.24, 2.45) is 5.92 Å². The molecule has 26 heavy (non-hydrogen) atoms. The average molecular weight is 360 g/mol. The number of hydrogen-bond acceptors (Lipinski definition) is 3. The molecule has 144 valence electrons. The number of hydrogen-bond donors (Lipinski definition) is 1. The second kappa shape index (κ2) is 10.3. The minimum atomic E-state index is -0.135. The van der Waals surface area contributed by atoms with Crippen LogP contribution in [0.3, 0.4) is 0 Å². The lowest BCUT2D eigenvalue weighted by atomic mass is 10.1. The molecule has 5 heteroatoms. The van der Waals surface area contributed by atoms with E-state index in [9.17, 15) is 9.59 Å². The van der Waals surface area contributed by atoms with Crippen LogP contribution in [0.25, 0.3) is 0 Å². The largest absolute Gasteiger partial charge is 0.354 e. The topological polar surface area (TPSA) is 52.7 Å². The highest BCUT2D eigenvalue weighted by Crippen LogP contribution is 2.11. The van der Waals surface area contributed by atoms with Crippen LogP contribution in [0.1, 0.15) is 39.2 Å². The van der Waals surface area contributed by atoms with Crippen LogP contribution in [0.2, 0.25) is 0 Å². The number of nitrogens with one attached hydrogen (secondary N) is 1. The van der Waals surface area contributed by atoms with E-state index in [1.165, 1.54) is 5.56 Å². The molecular weight excluding hydrogens is 326 g/mol. The van der Waals surface area contributed by atoms with Crippen LogP contribution < -0.4 is 5.32 Å². The molecule has 1 heterocycles. The van der Waals surface area contributed by atoms with Gasteiger partial charge >= 0.3 is 0 Å². The van der Waals surface area contributed by atoms with Crippen molar-refractivity contribution in [2.75, 3.05) is 32.7 Å². The molecule has 0 saturated carbocycles. The fourth-order valence-electron chi connectivity index (χ4n) is 3.22. The van der Waals surface area contributed by atoms with Gasteiger partial charge < -0.3 is 10.2 Å². The fourth-order valence-corrected chi connectivity index (χ4v) is 3.22. The molecule has 1 aliphatic rings. The van der Waals surface area contributed by atoms with Crippen LogP contribution in [0, 0.1) is 5.92 Å². The summed E-state index contributed by atoms with van der Waals surface area (Å²) in [6, 6.07) is 10.2. The molecule has 1 fully saturated rings. The smallest absolute Gasteiger partial charge is 0.237 e. The maximum atomic E-state index is 12.4. The van der Waals surface area contributed by atoms with E-state index < -0.39 is 0 Å². The van der Waals surface area contributed by atoms with Crippen LogP contribution in [-0.2, 0) is 16.0 Å². The van der Waals surface area contributed by atoms with Gasteiger partial charge in [0.2, 0.25) is 11.8 Å². The van der Waals surface area contributed by atoms with E-state index in [2.05, 4.69) is 36.2 Å². The Bertz CT molecular complexity index is 566. The standard InChI is InChI=1S/C21H33N3O2/c1-17(2)16-22-21(26)18(3)23-12-14-24(15-13-23)20(25)11-7-10-19-8-5-4-6-9-19/h4-6,8-9,17-18H,7,10-16H2,1-3H3,(H,22,26). The summed E-state index contributed by atoms with van der Waals surface area (Å²) in [7, 11) is 0. The molecule has 5 nitrogen and oxygen atoms in total. The summed E-state index contributed by atoms with van der Waals surface area (Å²) < 4.78 is 0. The predicted octanol–water partition coefficient (Wildman–Crippen LogP) is 2.31. The van der Waals surface area contributed by atoms with Crippen molar-refractivity contribution in [1.29, 1.82) is 0 Å². The van der Waals surface area contributed by atoms with Crippen molar-refractivity contribution in [3.8, 4) is 0 Å². The summed E-state index contributed by atoms with van der Waals surface area (Å²) in [6.07, 6.45) is 2.43. The zero-order chi connectivity index (χ0) is 18.9. The van der Waals surface area contributed by atoms with Gasteiger partial charge in [0.05, 0.1) is 6.04 Å². The van der Waals surface area contributed by atoms with Gasteiger partial charge in [0, 0.05) is 39.1 Å². The van der Waals surface area contributed by atoms with E-state index in [1.54, 1.807) is 0 Å². The Morgan fingerprint density at radius 3 is 2.31 bits per heavy atom. The first-order valence-electron chi connectivity index (χ1n) is 9.81. The second-order valence-corrected chi connectivity index (χ2v) is 7.57. The van der Waals surface area contributed by atoms with E-state index >= 15 is 0 Å². The third kappa shape index (κ3) is 6.45. The van der Waals surface area contributed by atoms with Gasteiger partial charge in [-0.25, -0.2) is 0 Å². The Morgan fingerprint density at radius 1 is 1.04 bits per heavy atom. The van der Waals surface area contributed by atoms with Crippen LogP contribution in [0.4, 0.5) is 0 Å². The first-order valence-corrected chi connectivity index (χ1v) is 9.81. The molecule has 0 bridgehead atoms. The van der Waals surface area contributed by atoms with Crippen LogP contribution in [0.15, 0.2) is 30.3 Å². The Kier molecular flexibility index (Phi) is 8.10. The zero-order valence-electron chi connectivity index (χ0n) is 16.4. The molecule has 0 aromatic heterocycles. The number of benzene rings is 1. The lowest BCUT2D eigenvalue weighted by molar-refractivity contribution is -0.134. The SMILES string of the molecule is CC(C)CNC(=O)C(C)N1CCN(C(=O)CCCc2ccccc2)CC1. The molecule has 1 aromatic carbocycles. The quantitative estimate of drug-likeness (QED) is 0.775. The number of carbonyl (C=O) groups is 2. The third-order valence-corrected chi connectivity index (χ3v) is 4.98. The second-order valence-electron chi connectivity index (χ2n) is 7.57. The Morgan fingerprint density at radius 2 is 1.69 bits per heavy atom. The van der Waals surface area contributed by atoms with Gasteiger partial charge in [0.15, 0.2) is 0 Å². The fraction of sp³-hybridized carbons (Fsp3) is 0.619. The van der Waals surface area contributed by atoms with E-state index in [4.69, 9.17) is 0 Å². The van der Waals surface area contributed by atoms with Gasteiger partial charge in [-0.05, 0) is 31.2 Å². The molecule has 2 rings (SSSR count). The summed E-state index contributed by atoms with van der Waals surface area (Å²) in [4.78, 5) is 28.7. The molecule has 1 N–H and O–H groups in total. The minimum Gasteiger partial charge on any atom is -0.354 e. The molecular formula is C21H33N3O2. The van der Waals surface area contributed by atoms with Crippen LogP contribution >= 0.6 is 0 Å². The van der Waals surface area contributed by atoms with Crippen LogP contribution in [-0.4, -0.2) is 60.4 Å². The van der Waals surface area contributed by atoms with Crippen molar-refractivity contribution in [3.05, 3.63) is 35.9 Å². The number of nitrogens with zero attached hydrogens (tertiary/aromatic N) is 2. The van der Waals surface area contributed by atoms with Gasteiger partial charge in [-0.15, -0.1) is 0 Å². The number of carbonyl (C=O) groups excluding carboxylic acids is 2. The van der Waals surface area contributed by atoms with Gasteiger partial charge in [0.1, 0.15) is 0 Å². The van der Waals surface area contributed by atoms with Crippen molar-refractivity contribution in [1.82, 2.24) is 15.1 Å². The van der Waals surface area contributed by atoms with Crippen molar-refractivity contribution in [3.63, 3.8) is 0 Å². The normalized spacial score (nSPS) is 16.5. The Hall–Kier alpha value is -1.88. The molecule has 2 amide bonds. The Balaban J connectivity index is 1.68. The molecule has 0 spiro atoms. The number of amides is 2. The lowest BCUT2D eigenvalue weighted by Crippen LogP contribution is -2.55. The highest BCUT2D eigenvalue weighted by Gasteiger charge is 2.27. The predicted molar refractivity (Wildman–Crippen MR) is 105 cm³/mol.